The molecule has 1 unspecified atom stereocenters. The van der Waals surface area contributed by atoms with Crippen molar-refractivity contribution in [2.75, 3.05) is 26.2 Å². The Morgan fingerprint density at radius 1 is 1.22 bits per heavy atom. The van der Waals surface area contributed by atoms with Gasteiger partial charge in [-0.05, 0) is 31.5 Å². The third-order valence-corrected chi connectivity index (χ3v) is 3.31. The zero-order valence-corrected chi connectivity index (χ0v) is 11.8. The third-order valence-electron chi connectivity index (χ3n) is 3.31. The quantitative estimate of drug-likeness (QED) is 0.889. The van der Waals surface area contributed by atoms with Crippen LogP contribution in [0.3, 0.4) is 0 Å². The van der Waals surface area contributed by atoms with E-state index in [1.807, 2.05) is 18.2 Å². The van der Waals surface area contributed by atoms with Crippen molar-refractivity contribution in [3.05, 3.63) is 30.6 Å². The summed E-state index contributed by atoms with van der Waals surface area (Å²) in [6.07, 6.45) is 7.47. The molecule has 2 heterocycles. The second-order valence-corrected chi connectivity index (χ2v) is 4.68. The lowest BCUT2D eigenvalue weighted by atomic mass is 10.1. The van der Waals surface area contributed by atoms with Gasteiger partial charge < -0.3 is 5.32 Å². The van der Waals surface area contributed by atoms with Crippen LogP contribution in [0.2, 0.25) is 0 Å². The zero-order valence-electron chi connectivity index (χ0n) is 11.8. The fourth-order valence-corrected chi connectivity index (χ4v) is 2.17. The standard InChI is InChI=1S/C10H22N2.C5H5N/c1-3-5-7-12-8-6-11-9-10(12)4-2;1-2-4-6-5-3-1/h10-11H,3-9H2,1-2H3;1-5H. The van der Waals surface area contributed by atoms with Gasteiger partial charge in [0, 0.05) is 38.1 Å². The van der Waals surface area contributed by atoms with Crippen LogP contribution in [-0.4, -0.2) is 42.1 Å². The minimum absolute atomic E-state index is 0.797. The zero-order chi connectivity index (χ0) is 13.1. The molecule has 18 heavy (non-hydrogen) atoms. The maximum atomic E-state index is 3.78. The molecule has 0 saturated carbocycles. The highest BCUT2D eigenvalue weighted by atomic mass is 15.2. The summed E-state index contributed by atoms with van der Waals surface area (Å²) in [6.45, 7) is 9.48. The molecule has 0 bridgehead atoms. The van der Waals surface area contributed by atoms with Crippen molar-refractivity contribution >= 4 is 0 Å². The summed E-state index contributed by atoms with van der Waals surface area (Å²) in [6, 6.07) is 6.51. The van der Waals surface area contributed by atoms with Gasteiger partial charge in [0.15, 0.2) is 0 Å². The van der Waals surface area contributed by atoms with Gasteiger partial charge in [-0.15, -0.1) is 0 Å². The maximum Gasteiger partial charge on any atom is 0.0267 e. The Hall–Kier alpha value is -0.930. The van der Waals surface area contributed by atoms with E-state index in [2.05, 4.69) is 29.0 Å². The van der Waals surface area contributed by atoms with Gasteiger partial charge in [0.1, 0.15) is 0 Å². The Bertz CT molecular complexity index is 250. The van der Waals surface area contributed by atoms with Crippen LogP contribution in [0.15, 0.2) is 30.6 Å². The number of piperazine rings is 1. The molecule has 0 radical (unpaired) electrons. The van der Waals surface area contributed by atoms with Crippen LogP contribution in [0.5, 0.6) is 0 Å². The van der Waals surface area contributed by atoms with Gasteiger partial charge in [-0.3, -0.25) is 9.88 Å². The molecule has 0 amide bonds. The van der Waals surface area contributed by atoms with Crippen molar-refractivity contribution < 1.29 is 0 Å². The fourth-order valence-electron chi connectivity index (χ4n) is 2.17. The smallest absolute Gasteiger partial charge is 0.0267 e. The summed E-state index contributed by atoms with van der Waals surface area (Å²) < 4.78 is 0. The van der Waals surface area contributed by atoms with E-state index in [1.54, 1.807) is 12.4 Å². The van der Waals surface area contributed by atoms with Crippen LogP contribution in [0.25, 0.3) is 0 Å². The van der Waals surface area contributed by atoms with E-state index in [9.17, 15) is 0 Å². The van der Waals surface area contributed by atoms with Crippen molar-refractivity contribution in [1.82, 2.24) is 15.2 Å². The molecule has 3 heteroatoms. The molecular weight excluding hydrogens is 222 g/mol. The van der Waals surface area contributed by atoms with Crippen LogP contribution < -0.4 is 5.32 Å². The monoisotopic (exact) mass is 249 g/mol. The van der Waals surface area contributed by atoms with E-state index in [1.165, 1.54) is 45.4 Å². The molecule has 1 aliphatic rings. The van der Waals surface area contributed by atoms with Gasteiger partial charge in [-0.1, -0.05) is 26.3 Å². The van der Waals surface area contributed by atoms with Crippen LogP contribution in [-0.2, 0) is 0 Å². The van der Waals surface area contributed by atoms with Crippen molar-refractivity contribution in [1.29, 1.82) is 0 Å². The molecule has 1 aromatic rings. The minimum atomic E-state index is 0.797. The number of nitrogens with zero attached hydrogens (tertiary/aromatic N) is 2. The van der Waals surface area contributed by atoms with Crippen LogP contribution >= 0.6 is 0 Å². The van der Waals surface area contributed by atoms with E-state index < -0.39 is 0 Å². The van der Waals surface area contributed by atoms with E-state index in [4.69, 9.17) is 0 Å². The van der Waals surface area contributed by atoms with Crippen molar-refractivity contribution in [2.24, 2.45) is 0 Å². The predicted molar refractivity (Wildman–Crippen MR) is 77.7 cm³/mol. The average Bonchev–Trinajstić information content (AvgIpc) is 2.48. The first kappa shape index (κ1) is 15.1. The second-order valence-electron chi connectivity index (χ2n) is 4.68. The molecule has 3 nitrogen and oxygen atoms in total. The Balaban J connectivity index is 0.000000225. The first-order valence-corrected chi connectivity index (χ1v) is 7.18. The summed E-state index contributed by atoms with van der Waals surface area (Å²) in [5.41, 5.74) is 0. The van der Waals surface area contributed by atoms with E-state index in [0.717, 1.165) is 6.04 Å². The molecule has 1 atom stereocenters. The van der Waals surface area contributed by atoms with E-state index >= 15 is 0 Å². The SMILES string of the molecule is CCCCN1CCNCC1CC.c1ccncc1. The molecule has 1 fully saturated rings. The normalized spacial score (nSPS) is 20.0. The summed E-state index contributed by atoms with van der Waals surface area (Å²) in [4.78, 5) is 6.42. The highest BCUT2D eigenvalue weighted by Gasteiger charge is 2.18. The number of hydrogen-bond donors (Lipinski definition) is 1. The summed E-state index contributed by atoms with van der Waals surface area (Å²) >= 11 is 0. The average molecular weight is 249 g/mol. The lowest BCUT2D eigenvalue weighted by Gasteiger charge is -2.35. The molecule has 1 aromatic heterocycles. The molecule has 0 aromatic carbocycles. The van der Waals surface area contributed by atoms with Gasteiger partial charge in [-0.2, -0.15) is 0 Å². The van der Waals surface area contributed by atoms with Crippen LogP contribution in [0.4, 0.5) is 0 Å². The number of aromatic nitrogens is 1. The van der Waals surface area contributed by atoms with E-state index in [0.29, 0.717) is 0 Å². The number of pyridine rings is 1. The molecule has 1 saturated heterocycles. The molecule has 0 spiro atoms. The maximum absolute atomic E-state index is 3.78. The number of hydrogen-bond acceptors (Lipinski definition) is 3. The van der Waals surface area contributed by atoms with Crippen LogP contribution in [0.1, 0.15) is 33.1 Å². The Morgan fingerprint density at radius 2 is 2.00 bits per heavy atom. The third kappa shape index (κ3) is 6.12. The second kappa shape index (κ2) is 10.0. The van der Waals surface area contributed by atoms with E-state index in [-0.39, 0.29) is 0 Å². The minimum Gasteiger partial charge on any atom is -0.314 e. The lowest BCUT2D eigenvalue weighted by Crippen LogP contribution is -2.51. The van der Waals surface area contributed by atoms with Gasteiger partial charge in [0.25, 0.3) is 0 Å². The van der Waals surface area contributed by atoms with Gasteiger partial charge in [0.05, 0.1) is 0 Å². The highest BCUT2D eigenvalue weighted by molar-refractivity contribution is 4.88. The lowest BCUT2D eigenvalue weighted by molar-refractivity contribution is 0.155. The molecule has 2 rings (SSSR count). The Morgan fingerprint density at radius 3 is 2.50 bits per heavy atom. The molecule has 1 N–H and O–H groups in total. The van der Waals surface area contributed by atoms with Crippen molar-refractivity contribution in [2.45, 2.75) is 39.2 Å². The number of rotatable bonds is 4. The van der Waals surface area contributed by atoms with Gasteiger partial charge in [0.2, 0.25) is 0 Å². The molecule has 1 aliphatic heterocycles. The van der Waals surface area contributed by atoms with Gasteiger partial charge >= 0.3 is 0 Å². The largest absolute Gasteiger partial charge is 0.314 e. The Labute approximate surface area is 112 Å². The summed E-state index contributed by atoms with van der Waals surface area (Å²) in [5.74, 6) is 0. The fraction of sp³-hybridized carbons (Fsp3) is 0.667. The summed E-state index contributed by atoms with van der Waals surface area (Å²) in [5, 5.41) is 3.45. The van der Waals surface area contributed by atoms with Crippen LogP contribution in [0, 0.1) is 0 Å². The van der Waals surface area contributed by atoms with Crippen molar-refractivity contribution in [3.8, 4) is 0 Å². The first-order valence-electron chi connectivity index (χ1n) is 7.18. The topological polar surface area (TPSA) is 28.2 Å². The molecular formula is C15H27N3. The van der Waals surface area contributed by atoms with Gasteiger partial charge in [-0.25, -0.2) is 0 Å². The highest BCUT2D eigenvalue weighted by Crippen LogP contribution is 2.07. The molecule has 102 valence electrons. The molecule has 0 aliphatic carbocycles. The summed E-state index contributed by atoms with van der Waals surface area (Å²) in [7, 11) is 0. The predicted octanol–water partition coefficient (Wildman–Crippen LogP) is 2.55. The number of unbranched alkanes of at least 4 members (excludes halogenated alkanes) is 1. The number of nitrogens with one attached hydrogen (secondary N) is 1. The van der Waals surface area contributed by atoms with Crippen molar-refractivity contribution in [3.63, 3.8) is 0 Å². The first-order chi connectivity index (χ1) is 8.88. The Kier molecular flexibility index (Phi) is 8.43.